The number of imidazole rings is 1. The molecular formula is C22H19F7N4O4S. The van der Waals surface area contributed by atoms with Crippen LogP contribution >= 0.6 is 0 Å². The summed E-state index contributed by atoms with van der Waals surface area (Å²) in [6, 6.07) is 4.09. The molecule has 16 heteroatoms. The minimum atomic E-state index is -5.45. The molecule has 0 radical (unpaired) electrons. The Bertz CT molecular complexity index is 1510. The first kappa shape index (κ1) is 28.7. The zero-order valence-electron chi connectivity index (χ0n) is 19.6. The van der Waals surface area contributed by atoms with Crippen LogP contribution in [0.1, 0.15) is 11.1 Å². The summed E-state index contributed by atoms with van der Waals surface area (Å²) in [5.74, 6) is -2.38. The Labute approximate surface area is 210 Å². The van der Waals surface area contributed by atoms with Gasteiger partial charge >= 0.3 is 24.1 Å². The fraction of sp³-hybridized carbons (Fsp3) is 0.273. The highest BCUT2D eigenvalue weighted by Gasteiger charge is 2.42. The third-order valence-electron chi connectivity index (χ3n) is 5.21. The molecule has 206 valence electrons. The van der Waals surface area contributed by atoms with Crippen LogP contribution in [0, 0.1) is 10.6 Å². The van der Waals surface area contributed by atoms with Crippen LogP contribution < -0.4 is 15.3 Å². The van der Waals surface area contributed by atoms with E-state index in [0.29, 0.717) is 9.47 Å². The lowest BCUT2D eigenvalue weighted by atomic mass is 10.1. The Balaban J connectivity index is 2.20. The standard InChI is InChI=1S/C22H19F7N4O4S/c1-31(15-5-3-14(23)4-6-15)20(35)37-18-16(22(27,28)29)11-13(21(24,25)26)12-17(18)33-8-7-32(19(33)34)9-10-38(2,30)36/h3-8,11-12,30H,9-10H2,1-2H3. The van der Waals surface area contributed by atoms with Crippen molar-refractivity contribution in [2.75, 3.05) is 24.0 Å². The van der Waals surface area contributed by atoms with Gasteiger partial charge in [0.15, 0.2) is 5.75 Å². The number of nitrogens with one attached hydrogen (secondary N) is 1. The molecule has 1 unspecified atom stereocenters. The minimum absolute atomic E-state index is 0.0136. The molecule has 0 fully saturated rings. The Kier molecular flexibility index (Phi) is 7.68. The lowest BCUT2D eigenvalue weighted by Gasteiger charge is -2.22. The summed E-state index contributed by atoms with van der Waals surface area (Å²) >= 11 is 0. The van der Waals surface area contributed by atoms with E-state index in [0.717, 1.165) is 54.5 Å². The second-order valence-corrected chi connectivity index (χ2v) is 10.5. The van der Waals surface area contributed by atoms with E-state index in [1.807, 2.05) is 0 Å². The van der Waals surface area contributed by atoms with E-state index >= 15 is 0 Å². The zero-order valence-corrected chi connectivity index (χ0v) is 20.4. The number of anilines is 1. The van der Waals surface area contributed by atoms with Gasteiger partial charge in [0.05, 0.1) is 11.3 Å². The highest BCUT2D eigenvalue weighted by Crippen LogP contribution is 2.44. The van der Waals surface area contributed by atoms with E-state index < -0.39 is 62.2 Å². The SMILES string of the molecule is CN(C(=O)Oc1c(-n2ccn(CCS(C)(=N)=O)c2=O)cc(C(F)(F)F)cc1C(F)(F)F)c1ccc(F)cc1. The lowest BCUT2D eigenvalue weighted by Crippen LogP contribution is -2.31. The van der Waals surface area contributed by atoms with Gasteiger partial charge < -0.3 is 4.74 Å². The quantitative estimate of drug-likeness (QED) is 0.417. The second kappa shape index (κ2) is 10.2. The molecule has 2 aromatic carbocycles. The van der Waals surface area contributed by atoms with Crippen LogP contribution in [0.2, 0.25) is 0 Å². The van der Waals surface area contributed by atoms with Crippen molar-refractivity contribution in [1.82, 2.24) is 9.13 Å². The molecule has 1 aromatic heterocycles. The number of carbonyl (C=O) groups is 1. The average molecular weight is 568 g/mol. The number of aromatic nitrogens is 2. The number of benzene rings is 2. The minimum Gasteiger partial charge on any atom is -0.407 e. The Morgan fingerprint density at radius 1 is 1.05 bits per heavy atom. The Morgan fingerprint density at radius 2 is 1.66 bits per heavy atom. The maximum absolute atomic E-state index is 13.9. The summed E-state index contributed by atoms with van der Waals surface area (Å²) in [5, 5.41) is 0. The number of hydrogen-bond donors (Lipinski definition) is 1. The van der Waals surface area contributed by atoms with Crippen LogP contribution in [0.3, 0.4) is 0 Å². The summed E-state index contributed by atoms with van der Waals surface area (Å²) in [6.07, 6.45) is -9.25. The van der Waals surface area contributed by atoms with Crippen LogP contribution in [0.25, 0.3) is 5.69 Å². The van der Waals surface area contributed by atoms with Gasteiger partial charge in [-0.2, -0.15) is 26.3 Å². The van der Waals surface area contributed by atoms with Crippen LogP contribution in [-0.4, -0.2) is 38.5 Å². The molecule has 0 saturated heterocycles. The molecule has 3 aromatic rings. The third-order valence-corrected chi connectivity index (χ3v) is 6.17. The van der Waals surface area contributed by atoms with Gasteiger partial charge in [-0.05, 0) is 36.4 Å². The lowest BCUT2D eigenvalue weighted by molar-refractivity contribution is -0.143. The van der Waals surface area contributed by atoms with Crippen molar-refractivity contribution < 1.29 is 44.5 Å². The zero-order chi connectivity index (χ0) is 28.6. The van der Waals surface area contributed by atoms with Gasteiger partial charge in [-0.25, -0.2) is 14.0 Å². The normalized spacial score (nSPS) is 13.7. The molecule has 0 spiro atoms. The Hall–Kier alpha value is -3.82. The number of amides is 1. The fourth-order valence-electron chi connectivity index (χ4n) is 3.24. The molecule has 38 heavy (non-hydrogen) atoms. The summed E-state index contributed by atoms with van der Waals surface area (Å²) in [7, 11) is -2.01. The van der Waals surface area contributed by atoms with Crippen LogP contribution in [0.5, 0.6) is 5.75 Å². The number of aryl methyl sites for hydroxylation is 1. The maximum atomic E-state index is 13.9. The second-order valence-electron chi connectivity index (χ2n) is 8.12. The van der Waals surface area contributed by atoms with E-state index in [1.165, 1.54) is 0 Å². The third kappa shape index (κ3) is 6.54. The van der Waals surface area contributed by atoms with E-state index in [4.69, 9.17) is 9.52 Å². The highest BCUT2D eigenvalue weighted by atomic mass is 32.2. The molecule has 1 N–H and O–H groups in total. The number of rotatable bonds is 6. The van der Waals surface area contributed by atoms with Crippen molar-refractivity contribution in [3.63, 3.8) is 0 Å². The van der Waals surface area contributed by atoms with Gasteiger partial charge in [-0.15, -0.1) is 0 Å². The summed E-state index contributed by atoms with van der Waals surface area (Å²) < 4.78 is 121. The highest BCUT2D eigenvalue weighted by molar-refractivity contribution is 7.91. The summed E-state index contributed by atoms with van der Waals surface area (Å²) in [4.78, 5) is 26.3. The number of alkyl halides is 6. The number of halogens is 7. The molecule has 1 atom stereocenters. The van der Waals surface area contributed by atoms with Crippen molar-refractivity contribution in [1.29, 1.82) is 4.78 Å². The average Bonchev–Trinajstić information content (AvgIpc) is 3.15. The number of nitrogens with zero attached hydrogens (tertiary/aromatic N) is 3. The van der Waals surface area contributed by atoms with Gasteiger partial charge in [0.25, 0.3) is 0 Å². The molecule has 1 amide bonds. The maximum Gasteiger partial charge on any atom is 0.420 e. The van der Waals surface area contributed by atoms with Crippen LogP contribution in [0.4, 0.5) is 41.2 Å². The molecule has 3 rings (SSSR count). The van der Waals surface area contributed by atoms with Crippen molar-refractivity contribution in [3.05, 3.63) is 76.2 Å². The number of ether oxygens (including phenoxy) is 1. The Morgan fingerprint density at radius 3 is 2.18 bits per heavy atom. The fourth-order valence-corrected chi connectivity index (χ4v) is 3.78. The molecule has 1 heterocycles. The first-order valence-corrected chi connectivity index (χ1v) is 12.5. The van der Waals surface area contributed by atoms with Gasteiger partial charge in [0.1, 0.15) is 11.4 Å². The van der Waals surface area contributed by atoms with E-state index in [9.17, 15) is 44.5 Å². The molecule has 8 nitrogen and oxygen atoms in total. The van der Waals surface area contributed by atoms with Gasteiger partial charge in [0.2, 0.25) is 0 Å². The number of hydrogen-bond acceptors (Lipinski definition) is 5. The monoisotopic (exact) mass is 568 g/mol. The largest absolute Gasteiger partial charge is 0.420 e. The molecule has 0 aliphatic heterocycles. The topological polar surface area (TPSA) is 97.4 Å². The van der Waals surface area contributed by atoms with Crippen molar-refractivity contribution in [2.45, 2.75) is 18.9 Å². The first-order valence-electron chi connectivity index (χ1n) is 10.4. The molecule has 0 bridgehead atoms. The molecule has 0 saturated carbocycles. The van der Waals surface area contributed by atoms with E-state index in [2.05, 4.69) is 0 Å². The van der Waals surface area contributed by atoms with Gasteiger partial charge in [0, 0.05) is 53.4 Å². The molecular weight excluding hydrogens is 549 g/mol. The predicted molar refractivity (Wildman–Crippen MR) is 123 cm³/mol. The summed E-state index contributed by atoms with van der Waals surface area (Å²) in [6.45, 7) is -0.321. The van der Waals surface area contributed by atoms with Gasteiger partial charge in [-0.1, -0.05) is 0 Å². The van der Waals surface area contributed by atoms with Crippen molar-refractivity contribution >= 4 is 21.5 Å². The van der Waals surface area contributed by atoms with Crippen LogP contribution in [-0.2, 0) is 28.6 Å². The number of carbonyl (C=O) groups excluding carboxylic acids is 1. The van der Waals surface area contributed by atoms with E-state index in [1.54, 1.807) is 0 Å². The smallest absolute Gasteiger partial charge is 0.407 e. The van der Waals surface area contributed by atoms with Gasteiger partial charge in [-0.3, -0.25) is 23.0 Å². The van der Waals surface area contributed by atoms with Crippen LogP contribution in [0.15, 0.2) is 53.6 Å². The molecule has 0 aliphatic rings. The van der Waals surface area contributed by atoms with Crippen molar-refractivity contribution in [2.24, 2.45) is 0 Å². The summed E-state index contributed by atoms with van der Waals surface area (Å²) in [5.41, 5.74) is -5.94. The van der Waals surface area contributed by atoms with E-state index in [-0.39, 0.29) is 30.1 Å². The molecule has 0 aliphatic carbocycles. The van der Waals surface area contributed by atoms with Crippen molar-refractivity contribution in [3.8, 4) is 11.4 Å². The predicted octanol–water partition coefficient (Wildman–Crippen LogP) is 5.13. The first-order chi connectivity index (χ1) is 17.4.